The number of hydrogen-bond donors (Lipinski definition) is 3. The molecule has 1 unspecified atom stereocenters. The maximum absolute atomic E-state index is 8.94. The Morgan fingerprint density at radius 1 is 1.50 bits per heavy atom. The number of hydrogen-bond acceptors (Lipinski definition) is 3. The Bertz CT molecular complexity index is 280. The van der Waals surface area contributed by atoms with E-state index in [9.17, 15) is 0 Å². The van der Waals surface area contributed by atoms with Crippen molar-refractivity contribution in [2.45, 2.75) is 39.7 Å². The number of aliphatic hydroxyl groups is 1. The van der Waals surface area contributed by atoms with Gasteiger partial charge in [-0.1, -0.05) is 13.3 Å². The third-order valence-electron chi connectivity index (χ3n) is 2.74. The van der Waals surface area contributed by atoms with Crippen molar-refractivity contribution in [2.75, 3.05) is 13.2 Å². The van der Waals surface area contributed by atoms with E-state index in [0.717, 1.165) is 31.0 Å². The molecule has 4 heteroatoms. The van der Waals surface area contributed by atoms with Gasteiger partial charge in [-0.15, -0.1) is 0 Å². The highest BCUT2D eigenvalue weighted by atomic mass is 16.3. The molecule has 92 valence electrons. The summed E-state index contributed by atoms with van der Waals surface area (Å²) in [5.41, 5.74) is 1.12. The highest BCUT2D eigenvalue weighted by molar-refractivity contribution is 4.99. The molecular weight excluding hydrogens is 202 g/mol. The number of imidazole rings is 1. The number of aliphatic hydroxyl groups excluding tert-OH is 1. The van der Waals surface area contributed by atoms with E-state index < -0.39 is 0 Å². The van der Waals surface area contributed by atoms with E-state index in [1.165, 1.54) is 12.8 Å². The Morgan fingerprint density at radius 3 is 2.88 bits per heavy atom. The minimum absolute atomic E-state index is 0.287. The van der Waals surface area contributed by atoms with Crippen LogP contribution in [-0.4, -0.2) is 28.2 Å². The van der Waals surface area contributed by atoms with Crippen LogP contribution in [0, 0.1) is 12.8 Å². The summed E-state index contributed by atoms with van der Waals surface area (Å²) in [7, 11) is 0. The summed E-state index contributed by atoms with van der Waals surface area (Å²) < 4.78 is 0. The van der Waals surface area contributed by atoms with Crippen molar-refractivity contribution in [3.63, 3.8) is 0 Å². The number of aryl methyl sites for hydroxylation is 1. The molecule has 16 heavy (non-hydrogen) atoms. The molecule has 1 rings (SSSR count). The normalized spacial score (nSPS) is 12.9. The van der Waals surface area contributed by atoms with Crippen LogP contribution in [0.25, 0.3) is 0 Å². The van der Waals surface area contributed by atoms with Crippen LogP contribution in [0.2, 0.25) is 0 Å². The van der Waals surface area contributed by atoms with Gasteiger partial charge in [0.05, 0.1) is 0 Å². The summed E-state index contributed by atoms with van der Waals surface area (Å²) in [6.45, 7) is 6.21. The monoisotopic (exact) mass is 225 g/mol. The van der Waals surface area contributed by atoms with Gasteiger partial charge in [0.1, 0.15) is 5.82 Å². The molecule has 0 aliphatic rings. The maximum atomic E-state index is 8.94. The summed E-state index contributed by atoms with van der Waals surface area (Å²) in [5.74, 6) is 1.54. The molecule has 0 amide bonds. The first-order valence-electron chi connectivity index (χ1n) is 6.08. The van der Waals surface area contributed by atoms with Crippen molar-refractivity contribution in [3.8, 4) is 0 Å². The van der Waals surface area contributed by atoms with Gasteiger partial charge in [0, 0.05) is 25.0 Å². The van der Waals surface area contributed by atoms with E-state index in [4.69, 9.17) is 5.11 Å². The molecule has 0 aromatic carbocycles. The molecule has 0 aliphatic carbocycles. The minimum Gasteiger partial charge on any atom is -0.396 e. The second-order valence-corrected chi connectivity index (χ2v) is 4.29. The molecule has 0 aliphatic heterocycles. The van der Waals surface area contributed by atoms with Gasteiger partial charge in [-0.2, -0.15) is 0 Å². The van der Waals surface area contributed by atoms with Crippen molar-refractivity contribution in [3.05, 3.63) is 17.7 Å². The molecule has 0 bridgehead atoms. The van der Waals surface area contributed by atoms with Crippen molar-refractivity contribution >= 4 is 0 Å². The molecule has 3 N–H and O–H groups in total. The van der Waals surface area contributed by atoms with Gasteiger partial charge in [-0.25, -0.2) is 4.98 Å². The van der Waals surface area contributed by atoms with Crippen LogP contribution in [0.1, 0.15) is 37.7 Å². The molecule has 1 heterocycles. The molecule has 1 aromatic rings. The summed E-state index contributed by atoms with van der Waals surface area (Å²) in [6, 6.07) is 0. The average molecular weight is 225 g/mol. The highest BCUT2D eigenvalue weighted by Crippen LogP contribution is 2.09. The first-order chi connectivity index (χ1) is 7.76. The van der Waals surface area contributed by atoms with Gasteiger partial charge in [0.25, 0.3) is 0 Å². The number of aromatic nitrogens is 2. The van der Waals surface area contributed by atoms with Crippen LogP contribution in [0.4, 0.5) is 0 Å². The van der Waals surface area contributed by atoms with E-state index >= 15 is 0 Å². The predicted molar refractivity (Wildman–Crippen MR) is 65.1 cm³/mol. The van der Waals surface area contributed by atoms with Gasteiger partial charge in [-0.05, 0) is 32.2 Å². The fourth-order valence-electron chi connectivity index (χ4n) is 1.91. The fraction of sp³-hybridized carbons (Fsp3) is 0.750. The molecule has 0 saturated heterocycles. The number of nitrogens with zero attached hydrogens (tertiary/aromatic N) is 1. The fourth-order valence-corrected chi connectivity index (χ4v) is 1.91. The third-order valence-corrected chi connectivity index (χ3v) is 2.74. The molecule has 0 saturated carbocycles. The Kier molecular flexibility index (Phi) is 6.11. The zero-order valence-electron chi connectivity index (χ0n) is 10.3. The Balaban J connectivity index is 2.21. The number of aromatic amines is 1. The molecule has 1 aromatic heterocycles. The molecule has 0 radical (unpaired) electrons. The summed E-state index contributed by atoms with van der Waals surface area (Å²) >= 11 is 0. The maximum Gasteiger partial charge on any atom is 0.103 e. The summed E-state index contributed by atoms with van der Waals surface area (Å²) in [5, 5.41) is 12.3. The van der Waals surface area contributed by atoms with Gasteiger partial charge in [0.2, 0.25) is 0 Å². The Labute approximate surface area is 97.5 Å². The van der Waals surface area contributed by atoms with Crippen LogP contribution < -0.4 is 5.32 Å². The summed E-state index contributed by atoms with van der Waals surface area (Å²) in [4.78, 5) is 7.34. The van der Waals surface area contributed by atoms with Crippen molar-refractivity contribution < 1.29 is 5.11 Å². The van der Waals surface area contributed by atoms with E-state index in [-0.39, 0.29) is 6.61 Å². The van der Waals surface area contributed by atoms with E-state index in [1.807, 2.05) is 13.1 Å². The molecular formula is C12H23N3O. The van der Waals surface area contributed by atoms with Crippen LogP contribution in [0.3, 0.4) is 0 Å². The third kappa shape index (κ3) is 4.77. The molecule has 0 fully saturated rings. The zero-order valence-corrected chi connectivity index (χ0v) is 10.3. The van der Waals surface area contributed by atoms with E-state index in [2.05, 4.69) is 22.2 Å². The SMILES string of the molecule is CCCC(CCO)CNCc1cnc(C)[nH]1. The largest absolute Gasteiger partial charge is 0.396 e. The lowest BCUT2D eigenvalue weighted by atomic mass is 10.0. The molecule has 0 spiro atoms. The summed E-state index contributed by atoms with van der Waals surface area (Å²) in [6.07, 6.45) is 5.11. The van der Waals surface area contributed by atoms with Gasteiger partial charge >= 0.3 is 0 Å². The minimum atomic E-state index is 0.287. The van der Waals surface area contributed by atoms with Crippen molar-refractivity contribution in [1.82, 2.24) is 15.3 Å². The lowest BCUT2D eigenvalue weighted by Gasteiger charge is -2.15. The van der Waals surface area contributed by atoms with Gasteiger partial charge in [0.15, 0.2) is 0 Å². The quantitative estimate of drug-likeness (QED) is 0.630. The molecule has 4 nitrogen and oxygen atoms in total. The predicted octanol–water partition coefficient (Wildman–Crippen LogP) is 1.61. The highest BCUT2D eigenvalue weighted by Gasteiger charge is 2.06. The zero-order chi connectivity index (χ0) is 11.8. The standard InChI is InChI=1S/C12H23N3O/c1-3-4-11(5-6-16)7-13-8-12-9-14-10(2)15-12/h9,11,13,16H,3-8H2,1-2H3,(H,14,15). The Hall–Kier alpha value is -0.870. The topological polar surface area (TPSA) is 60.9 Å². The van der Waals surface area contributed by atoms with Crippen molar-refractivity contribution in [1.29, 1.82) is 0 Å². The lowest BCUT2D eigenvalue weighted by molar-refractivity contribution is 0.248. The van der Waals surface area contributed by atoms with E-state index in [0.29, 0.717) is 5.92 Å². The van der Waals surface area contributed by atoms with Gasteiger partial charge in [-0.3, -0.25) is 0 Å². The van der Waals surface area contributed by atoms with Crippen LogP contribution in [0.15, 0.2) is 6.20 Å². The van der Waals surface area contributed by atoms with Crippen LogP contribution >= 0.6 is 0 Å². The molecule has 1 atom stereocenters. The second kappa shape index (κ2) is 7.41. The number of H-pyrrole nitrogens is 1. The second-order valence-electron chi connectivity index (χ2n) is 4.29. The van der Waals surface area contributed by atoms with E-state index in [1.54, 1.807) is 0 Å². The van der Waals surface area contributed by atoms with Crippen molar-refractivity contribution in [2.24, 2.45) is 5.92 Å². The first-order valence-corrected chi connectivity index (χ1v) is 6.08. The number of rotatable bonds is 8. The smallest absolute Gasteiger partial charge is 0.103 e. The first kappa shape index (κ1) is 13.2. The Morgan fingerprint density at radius 2 is 2.31 bits per heavy atom. The van der Waals surface area contributed by atoms with Crippen LogP contribution in [0.5, 0.6) is 0 Å². The van der Waals surface area contributed by atoms with Gasteiger partial charge < -0.3 is 15.4 Å². The lowest BCUT2D eigenvalue weighted by Crippen LogP contribution is -2.23. The van der Waals surface area contributed by atoms with Crippen LogP contribution in [-0.2, 0) is 6.54 Å². The average Bonchev–Trinajstić information content (AvgIpc) is 2.65. The number of nitrogens with one attached hydrogen (secondary N) is 2.